The second kappa shape index (κ2) is 6.64. The van der Waals surface area contributed by atoms with Crippen LogP contribution >= 0.6 is 22.9 Å². The molecule has 0 aliphatic carbocycles. The number of hydrogen-bond donors (Lipinski definition) is 0. The first-order valence-corrected chi connectivity index (χ1v) is 2.84. The molecule has 0 bridgehead atoms. The van der Waals surface area contributed by atoms with Crippen molar-refractivity contribution in [3.8, 4) is 0 Å². The quantitative estimate of drug-likeness (QED) is 0.524. The maximum atomic E-state index is 5.47. The third kappa shape index (κ3) is 4.41. The van der Waals surface area contributed by atoms with Crippen LogP contribution in [0.2, 0.25) is 4.34 Å². The first-order valence-electron chi connectivity index (χ1n) is 1.58. The van der Waals surface area contributed by atoms with Crippen LogP contribution in [0.4, 0.5) is 0 Å². The molecule has 0 radical (unpaired) electrons. The Labute approximate surface area is 95.9 Å². The average Bonchev–Trinajstić information content (AvgIpc) is 1.86. The van der Waals surface area contributed by atoms with E-state index < -0.39 is 0 Å². The van der Waals surface area contributed by atoms with Crippen molar-refractivity contribution in [1.82, 2.24) is 0 Å². The van der Waals surface area contributed by atoms with Crippen molar-refractivity contribution in [3.05, 3.63) is 21.8 Å². The van der Waals surface area contributed by atoms with Crippen LogP contribution in [0.5, 0.6) is 0 Å². The summed E-state index contributed by atoms with van der Waals surface area (Å²) >= 11 is 7.02. The van der Waals surface area contributed by atoms with Gasteiger partial charge in [-0.2, -0.15) is 0 Å². The molecule has 0 aliphatic heterocycles. The van der Waals surface area contributed by atoms with Gasteiger partial charge in [-0.15, -0.1) is 11.3 Å². The molecular weight excluding hydrogens is 164 g/mol. The topological polar surface area (TPSA) is 0 Å². The zero-order chi connectivity index (χ0) is 4.41. The van der Waals surface area contributed by atoms with E-state index in [1.54, 1.807) is 11.3 Å². The van der Waals surface area contributed by atoms with Gasteiger partial charge in [0, 0.05) is 0 Å². The maximum Gasteiger partial charge on any atom is 2.00 e. The summed E-state index contributed by atoms with van der Waals surface area (Å²) in [5, 5.41) is 1.95. The Kier molecular flexibility index (Phi) is 10.1. The summed E-state index contributed by atoms with van der Waals surface area (Å²) in [6, 6.07) is 3.79. The fourth-order valence-electron chi connectivity index (χ4n) is 0.259. The van der Waals surface area contributed by atoms with E-state index in [9.17, 15) is 0 Å². The van der Waals surface area contributed by atoms with E-state index in [2.05, 4.69) is 0 Å². The largest absolute Gasteiger partial charge is 2.00 e. The monoisotopic (exact) mass is 170 g/mol. The summed E-state index contributed by atoms with van der Waals surface area (Å²) in [7, 11) is 0. The van der Waals surface area contributed by atoms with Gasteiger partial charge in [0.1, 0.15) is 0 Å². The molecule has 0 saturated heterocycles. The van der Waals surface area contributed by atoms with Crippen LogP contribution in [0, 0.1) is 0 Å². The zero-order valence-electron chi connectivity index (χ0n) is 8.43. The molecule has 0 N–H and O–H groups in total. The second-order valence-corrected chi connectivity index (χ2v) is 2.50. The van der Waals surface area contributed by atoms with Crippen LogP contribution in [0.3, 0.4) is 0 Å². The summed E-state index contributed by atoms with van der Waals surface area (Å²) in [5.74, 6) is 0. The van der Waals surface area contributed by atoms with Crippen molar-refractivity contribution >= 4 is 69.0 Å². The maximum absolute atomic E-state index is 5.47. The van der Waals surface area contributed by atoms with Crippen LogP contribution in [0.1, 0.15) is 5.71 Å². The molecule has 0 unspecified atom stereocenters. The normalized spacial score (nSPS) is 6.62. The molecule has 0 spiro atoms. The van der Waals surface area contributed by atoms with Gasteiger partial charge in [-0.25, -0.2) is 0 Å². The van der Waals surface area contributed by atoms with E-state index in [0.717, 1.165) is 4.34 Å². The molecule has 0 saturated carbocycles. The zero-order valence-corrected chi connectivity index (χ0v) is 8.83. The van der Waals surface area contributed by atoms with E-state index >= 15 is 0 Å². The van der Waals surface area contributed by atoms with E-state index in [1.165, 1.54) is 0 Å². The summed E-state index contributed by atoms with van der Waals surface area (Å²) < 4.78 is 0.856. The Morgan fingerprint density at radius 2 is 2.12 bits per heavy atom. The molecule has 0 amide bonds. The summed E-state index contributed by atoms with van der Waals surface area (Å²) in [4.78, 5) is 0. The molecule has 0 aliphatic rings. The van der Waals surface area contributed by atoms with E-state index in [4.69, 9.17) is 11.6 Å². The molecule has 1 rings (SSSR count). The molecule has 1 aromatic rings. The van der Waals surface area contributed by atoms with E-state index in [0.29, 0.717) is 0 Å². The van der Waals surface area contributed by atoms with Gasteiger partial charge in [0.15, 0.2) is 0 Å². The Hall–Kier alpha value is 1.52. The van der Waals surface area contributed by atoms with Crippen LogP contribution in [0.25, 0.3) is 0 Å². The number of hydrogen-bond acceptors (Lipinski definition) is 1. The van der Waals surface area contributed by atoms with Gasteiger partial charge >= 0.3 is 46.1 Å². The van der Waals surface area contributed by atoms with E-state index in [-0.39, 0.29) is 51.8 Å². The standard InChI is InChI=1S/C4H3ClS.2Mg.4H/c5-4-2-1-3-6-4;;;;;;/h1-3H;;;;;;/q;2*+2;4*-1. The average molecular weight is 171 g/mol. The predicted molar refractivity (Wildman–Crippen MR) is 45.3 cm³/mol. The summed E-state index contributed by atoms with van der Waals surface area (Å²) in [5.41, 5.74) is 0. The third-order valence-electron chi connectivity index (χ3n) is 0.486. The minimum absolute atomic E-state index is 0. The Morgan fingerprint density at radius 3 is 2.25 bits per heavy atom. The molecule has 0 nitrogen and oxygen atoms in total. The Morgan fingerprint density at radius 1 is 1.50 bits per heavy atom. The molecule has 1 heterocycles. The minimum Gasteiger partial charge on any atom is -1.00 e. The fraction of sp³-hybridized carbons (Fsp3) is 0. The van der Waals surface area contributed by atoms with Gasteiger partial charge in [0.25, 0.3) is 0 Å². The third-order valence-corrected chi connectivity index (χ3v) is 1.53. The van der Waals surface area contributed by atoms with Gasteiger partial charge in [-0.1, -0.05) is 11.6 Å². The second-order valence-electron chi connectivity index (χ2n) is 0.917. The molecular formula is C4H7ClMg2S. The van der Waals surface area contributed by atoms with Crippen molar-refractivity contribution in [2.75, 3.05) is 0 Å². The minimum atomic E-state index is 0. The van der Waals surface area contributed by atoms with Gasteiger partial charge in [0.2, 0.25) is 0 Å². The summed E-state index contributed by atoms with van der Waals surface area (Å²) in [6.45, 7) is 0. The van der Waals surface area contributed by atoms with Crippen LogP contribution in [-0.2, 0) is 0 Å². The smallest absolute Gasteiger partial charge is 1.00 e. The Bertz CT molecular complexity index is 129. The van der Waals surface area contributed by atoms with Crippen molar-refractivity contribution in [2.24, 2.45) is 0 Å². The molecule has 0 fully saturated rings. The van der Waals surface area contributed by atoms with Gasteiger partial charge in [-0.3, -0.25) is 0 Å². The molecule has 8 heavy (non-hydrogen) atoms. The molecule has 4 heteroatoms. The van der Waals surface area contributed by atoms with E-state index in [1.807, 2.05) is 17.5 Å². The van der Waals surface area contributed by atoms with Gasteiger partial charge in [0.05, 0.1) is 4.34 Å². The number of thiophene rings is 1. The summed E-state index contributed by atoms with van der Waals surface area (Å²) in [6.07, 6.45) is 0. The first-order chi connectivity index (χ1) is 2.89. The first kappa shape index (κ1) is 12.2. The van der Waals surface area contributed by atoms with Crippen LogP contribution in [0.15, 0.2) is 17.5 Å². The molecule has 40 valence electrons. The van der Waals surface area contributed by atoms with Crippen molar-refractivity contribution < 1.29 is 5.71 Å². The fourth-order valence-corrected chi connectivity index (χ4v) is 0.930. The van der Waals surface area contributed by atoms with Gasteiger partial charge in [-0.05, 0) is 17.5 Å². The van der Waals surface area contributed by atoms with Crippen LogP contribution in [-0.4, -0.2) is 46.1 Å². The van der Waals surface area contributed by atoms with Crippen molar-refractivity contribution in [3.63, 3.8) is 0 Å². The number of halogens is 1. The predicted octanol–water partition coefficient (Wildman–Crippen LogP) is 2.09. The SMILES string of the molecule is Clc1cccs1.[H-].[H-].[H-].[H-].[Mg+2].[Mg+2]. The van der Waals surface area contributed by atoms with Gasteiger partial charge < -0.3 is 5.71 Å². The number of rotatable bonds is 0. The van der Waals surface area contributed by atoms with Crippen molar-refractivity contribution in [2.45, 2.75) is 0 Å². The van der Waals surface area contributed by atoms with Crippen molar-refractivity contribution in [1.29, 1.82) is 0 Å². The van der Waals surface area contributed by atoms with Crippen LogP contribution < -0.4 is 0 Å². The molecule has 0 atom stereocenters. The molecule has 1 aromatic heterocycles. The molecule has 0 aromatic carbocycles. The Balaban J connectivity index is -0.0000000150.